The van der Waals surface area contributed by atoms with Gasteiger partial charge < -0.3 is 5.32 Å². The van der Waals surface area contributed by atoms with Gasteiger partial charge in [0.05, 0.1) is 11.4 Å². The van der Waals surface area contributed by atoms with Crippen LogP contribution in [0.5, 0.6) is 0 Å². The summed E-state index contributed by atoms with van der Waals surface area (Å²) in [6.45, 7) is 0. The molecular formula is C35H26N2. The molecule has 1 aliphatic rings. The normalized spacial score (nSPS) is 13.7. The maximum atomic E-state index is 9.43. The van der Waals surface area contributed by atoms with Crippen LogP contribution in [-0.2, 0) is 0 Å². The predicted molar refractivity (Wildman–Crippen MR) is 156 cm³/mol. The van der Waals surface area contributed by atoms with Crippen molar-refractivity contribution < 1.29 is 0 Å². The summed E-state index contributed by atoms with van der Waals surface area (Å²) in [5.74, 6) is 0. The summed E-state index contributed by atoms with van der Waals surface area (Å²) >= 11 is 0. The molecule has 0 saturated heterocycles. The number of fused-ring (bicyclic) bond motifs is 1. The third-order valence-electron chi connectivity index (χ3n) is 6.72. The van der Waals surface area contributed by atoms with Gasteiger partial charge in [0.25, 0.3) is 0 Å². The topological polar surface area (TPSA) is 35.9 Å². The fourth-order valence-corrected chi connectivity index (χ4v) is 4.84. The fourth-order valence-electron chi connectivity index (χ4n) is 4.84. The van der Waals surface area contributed by atoms with Gasteiger partial charge in [0, 0.05) is 22.4 Å². The van der Waals surface area contributed by atoms with Gasteiger partial charge in [-0.05, 0) is 33.9 Å². The van der Waals surface area contributed by atoms with Crippen LogP contribution < -0.4 is 5.32 Å². The van der Waals surface area contributed by atoms with Crippen molar-refractivity contribution in [3.63, 3.8) is 0 Å². The van der Waals surface area contributed by atoms with Gasteiger partial charge in [-0.25, -0.2) is 0 Å². The molecule has 2 N–H and O–H groups in total. The Bertz CT molecular complexity index is 1610. The molecule has 37 heavy (non-hydrogen) atoms. The first kappa shape index (κ1) is 22.5. The molecule has 0 saturated carbocycles. The summed E-state index contributed by atoms with van der Waals surface area (Å²) in [5.41, 5.74) is 10.9. The van der Waals surface area contributed by atoms with E-state index in [0.717, 1.165) is 50.3 Å². The monoisotopic (exact) mass is 474 g/mol. The van der Waals surface area contributed by atoms with Gasteiger partial charge in [-0.1, -0.05) is 140 Å². The van der Waals surface area contributed by atoms with Crippen LogP contribution >= 0.6 is 0 Å². The van der Waals surface area contributed by atoms with E-state index in [-0.39, 0.29) is 0 Å². The number of benzene rings is 5. The van der Waals surface area contributed by atoms with E-state index in [1.165, 1.54) is 5.56 Å². The Labute approximate surface area is 217 Å². The Balaban J connectivity index is 1.50. The number of hydrogen-bond acceptors (Lipinski definition) is 2. The maximum Gasteiger partial charge on any atom is 0.0711 e. The molecule has 0 unspecified atom stereocenters. The lowest BCUT2D eigenvalue weighted by molar-refractivity contribution is 1.22. The molecule has 2 heteroatoms. The highest BCUT2D eigenvalue weighted by molar-refractivity contribution is 6.36. The summed E-state index contributed by atoms with van der Waals surface area (Å²) in [6.07, 6.45) is 2.19. The van der Waals surface area contributed by atoms with Gasteiger partial charge in [-0.15, -0.1) is 0 Å². The molecule has 2 nitrogen and oxygen atoms in total. The Morgan fingerprint density at radius 1 is 0.486 bits per heavy atom. The molecule has 0 aromatic heterocycles. The first-order chi connectivity index (χ1) is 18.3. The quantitative estimate of drug-likeness (QED) is 0.247. The average Bonchev–Trinajstić information content (AvgIpc) is 2.98. The molecule has 0 radical (unpaired) electrons. The van der Waals surface area contributed by atoms with Gasteiger partial charge >= 0.3 is 0 Å². The minimum atomic E-state index is 0.484. The van der Waals surface area contributed by atoms with Crippen molar-refractivity contribution in [2.45, 2.75) is 0 Å². The molecule has 1 aliphatic heterocycles. The van der Waals surface area contributed by atoms with Crippen molar-refractivity contribution in [2.75, 3.05) is 0 Å². The molecule has 1 heterocycles. The van der Waals surface area contributed by atoms with E-state index >= 15 is 0 Å². The summed E-state index contributed by atoms with van der Waals surface area (Å²) in [4.78, 5) is 0. The Morgan fingerprint density at radius 3 is 1.70 bits per heavy atom. The highest BCUT2D eigenvalue weighted by Crippen LogP contribution is 2.36. The lowest BCUT2D eigenvalue weighted by Gasteiger charge is -2.26. The van der Waals surface area contributed by atoms with Crippen LogP contribution in [0.1, 0.15) is 27.8 Å². The summed E-state index contributed by atoms with van der Waals surface area (Å²) in [6, 6.07) is 47.6. The zero-order valence-corrected chi connectivity index (χ0v) is 20.4. The maximum absolute atomic E-state index is 9.43. The Morgan fingerprint density at radius 2 is 1.03 bits per heavy atom. The fraction of sp³-hybridized carbons (Fsp3) is 0. The number of hydrogen-bond donors (Lipinski definition) is 2. The molecule has 5 aromatic carbocycles. The SMILES string of the molecule is N=C(/C(=C1\NC(c2ccccc2)=Cc2ccccc21)c1ccccc1)c1ccc(-c2ccccc2)cc1. The highest BCUT2D eigenvalue weighted by Gasteiger charge is 2.23. The molecule has 6 rings (SSSR count). The van der Waals surface area contributed by atoms with E-state index in [4.69, 9.17) is 0 Å². The van der Waals surface area contributed by atoms with Crippen LogP contribution in [0.4, 0.5) is 0 Å². The first-order valence-corrected chi connectivity index (χ1v) is 12.5. The third kappa shape index (κ3) is 4.53. The van der Waals surface area contributed by atoms with Crippen molar-refractivity contribution in [2.24, 2.45) is 0 Å². The van der Waals surface area contributed by atoms with E-state index in [1.807, 2.05) is 42.5 Å². The molecular weight excluding hydrogens is 448 g/mol. The van der Waals surface area contributed by atoms with Gasteiger partial charge in [0.1, 0.15) is 0 Å². The van der Waals surface area contributed by atoms with E-state index in [2.05, 4.69) is 108 Å². The van der Waals surface area contributed by atoms with Crippen LogP contribution in [-0.4, -0.2) is 5.71 Å². The van der Waals surface area contributed by atoms with Crippen molar-refractivity contribution in [1.29, 1.82) is 5.41 Å². The zero-order chi connectivity index (χ0) is 25.0. The molecule has 0 bridgehead atoms. The van der Waals surface area contributed by atoms with E-state index in [9.17, 15) is 5.41 Å². The predicted octanol–water partition coefficient (Wildman–Crippen LogP) is 8.39. The zero-order valence-electron chi connectivity index (χ0n) is 20.4. The summed E-state index contributed by atoms with van der Waals surface area (Å²) < 4.78 is 0. The Kier molecular flexibility index (Phi) is 6.06. The van der Waals surface area contributed by atoms with Crippen LogP contribution in [0.3, 0.4) is 0 Å². The van der Waals surface area contributed by atoms with Gasteiger partial charge in [-0.2, -0.15) is 0 Å². The van der Waals surface area contributed by atoms with Crippen molar-refractivity contribution in [3.05, 3.63) is 167 Å². The third-order valence-corrected chi connectivity index (χ3v) is 6.72. The van der Waals surface area contributed by atoms with Gasteiger partial charge in [-0.3, -0.25) is 5.41 Å². The number of nitrogens with one attached hydrogen (secondary N) is 2. The van der Waals surface area contributed by atoms with Crippen LogP contribution in [0, 0.1) is 5.41 Å². The molecule has 176 valence electrons. The lowest BCUT2D eigenvalue weighted by Crippen LogP contribution is -2.20. The van der Waals surface area contributed by atoms with Crippen LogP contribution in [0.25, 0.3) is 34.2 Å². The van der Waals surface area contributed by atoms with Crippen molar-refractivity contribution in [3.8, 4) is 11.1 Å². The Hall–Kier alpha value is -4.95. The molecule has 0 spiro atoms. The minimum absolute atomic E-state index is 0.484. The molecule has 0 atom stereocenters. The second kappa shape index (κ2) is 9.96. The summed E-state index contributed by atoms with van der Waals surface area (Å²) in [7, 11) is 0. The van der Waals surface area contributed by atoms with E-state index in [0.29, 0.717) is 5.71 Å². The van der Waals surface area contributed by atoms with E-state index in [1.54, 1.807) is 0 Å². The van der Waals surface area contributed by atoms with E-state index < -0.39 is 0 Å². The number of allylic oxidation sites excluding steroid dienone is 1. The minimum Gasteiger partial charge on any atom is -0.354 e. The summed E-state index contributed by atoms with van der Waals surface area (Å²) in [5, 5.41) is 13.1. The second-order valence-corrected chi connectivity index (χ2v) is 9.07. The highest BCUT2D eigenvalue weighted by atomic mass is 14.9. The van der Waals surface area contributed by atoms with Gasteiger partial charge in [0.2, 0.25) is 0 Å². The second-order valence-electron chi connectivity index (χ2n) is 9.07. The average molecular weight is 475 g/mol. The molecule has 5 aromatic rings. The van der Waals surface area contributed by atoms with Crippen LogP contribution in [0.15, 0.2) is 140 Å². The van der Waals surface area contributed by atoms with Crippen LogP contribution in [0.2, 0.25) is 0 Å². The smallest absolute Gasteiger partial charge is 0.0711 e. The molecule has 0 amide bonds. The lowest BCUT2D eigenvalue weighted by atomic mass is 9.87. The standard InChI is InChI=1S/C35H26N2/c36-34(29-22-20-26(21-23-29)25-12-4-1-5-13-25)33(28-16-8-3-9-17-28)35-31-19-11-10-18-30(31)24-32(37-35)27-14-6-2-7-15-27/h1-24,36-37H/b35-33-,36-34?. The van der Waals surface area contributed by atoms with Gasteiger partial charge in [0.15, 0.2) is 0 Å². The van der Waals surface area contributed by atoms with Crippen molar-refractivity contribution >= 4 is 28.8 Å². The molecule has 0 fully saturated rings. The largest absolute Gasteiger partial charge is 0.354 e. The number of rotatable bonds is 5. The van der Waals surface area contributed by atoms with Crippen molar-refractivity contribution in [1.82, 2.24) is 5.32 Å². The molecule has 0 aliphatic carbocycles. The first-order valence-electron chi connectivity index (χ1n) is 12.5.